The normalized spacial score (nSPS) is 19.8. The maximum atomic E-state index is 12.6. The molecule has 2 unspecified atom stereocenters. The fourth-order valence-corrected chi connectivity index (χ4v) is 4.13. The van der Waals surface area contributed by atoms with Gasteiger partial charge in [0.1, 0.15) is 5.00 Å². The highest BCUT2D eigenvalue weighted by Crippen LogP contribution is 2.29. The highest BCUT2D eigenvalue weighted by Gasteiger charge is 2.25. The van der Waals surface area contributed by atoms with E-state index in [0.29, 0.717) is 17.2 Å². The number of nitrogens with one attached hydrogen (secondary N) is 2. The van der Waals surface area contributed by atoms with Crippen LogP contribution in [0.2, 0.25) is 0 Å². The Hall–Kier alpha value is -2.21. The zero-order chi connectivity index (χ0) is 18.7. The minimum atomic E-state index is -0.187. The van der Waals surface area contributed by atoms with Crippen molar-refractivity contribution in [1.29, 1.82) is 0 Å². The topological polar surface area (TPSA) is 71.1 Å². The number of benzene rings is 1. The molecule has 2 aromatic rings. The Morgan fingerprint density at radius 1 is 1.19 bits per heavy atom. The Bertz CT molecular complexity index is 815. The lowest BCUT2D eigenvalue weighted by atomic mass is 9.82. The second kappa shape index (κ2) is 7.99. The van der Waals surface area contributed by atoms with Crippen molar-refractivity contribution in [2.45, 2.75) is 46.5 Å². The Morgan fingerprint density at radius 2 is 2.00 bits per heavy atom. The van der Waals surface area contributed by atoms with Crippen LogP contribution in [-0.4, -0.2) is 16.8 Å². The molecule has 138 valence electrons. The minimum absolute atomic E-state index is 0.0600. The summed E-state index contributed by atoms with van der Waals surface area (Å²) in [5.74, 6) is 0.539. The maximum Gasteiger partial charge on any atom is 0.256 e. The summed E-state index contributed by atoms with van der Waals surface area (Å²) in [6.45, 7) is 5.99. The van der Waals surface area contributed by atoms with Crippen molar-refractivity contribution in [2.75, 3.05) is 10.6 Å². The van der Waals surface area contributed by atoms with Crippen molar-refractivity contribution in [3.05, 3.63) is 40.5 Å². The molecule has 1 aliphatic rings. The molecule has 2 N–H and O–H groups in total. The van der Waals surface area contributed by atoms with Gasteiger partial charge in [0.25, 0.3) is 5.91 Å². The largest absolute Gasteiger partial charge is 0.326 e. The van der Waals surface area contributed by atoms with E-state index >= 15 is 0 Å². The van der Waals surface area contributed by atoms with E-state index in [-0.39, 0.29) is 17.7 Å². The van der Waals surface area contributed by atoms with Gasteiger partial charge in [0.05, 0.1) is 11.2 Å². The van der Waals surface area contributed by atoms with Crippen molar-refractivity contribution in [1.82, 2.24) is 4.98 Å². The number of aromatic nitrogens is 1. The second-order valence-corrected chi connectivity index (χ2v) is 8.42. The third-order valence-corrected chi connectivity index (χ3v) is 5.74. The van der Waals surface area contributed by atoms with Gasteiger partial charge in [0.2, 0.25) is 5.91 Å². The number of carbonyl (C=O) groups excluding carboxylic acids is 2. The predicted octanol–water partition coefficient (Wildman–Crippen LogP) is 4.78. The standard InChI is InChI=1S/C20H25N3O2S/c1-12-5-4-6-15(9-12)19(24)22-16-8-7-13(2)17(10-16)20(25)23-18-11-21-14(3)26-18/h7-8,10-12,15H,4-6,9H2,1-3H3,(H,22,24)(H,23,25). The van der Waals surface area contributed by atoms with Crippen molar-refractivity contribution in [3.8, 4) is 0 Å². The van der Waals surface area contributed by atoms with Gasteiger partial charge in [-0.3, -0.25) is 9.59 Å². The van der Waals surface area contributed by atoms with Crippen LogP contribution in [0.4, 0.5) is 10.7 Å². The number of thiazole rings is 1. The summed E-state index contributed by atoms with van der Waals surface area (Å²) in [5, 5.41) is 7.49. The zero-order valence-electron chi connectivity index (χ0n) is 15.5. The lowest BCUT2D eigenvalue weighted by Gasteiger charge is -2.25. The Morgan fingerprint density at radius 3 is 2.69 bits per heavy atom. The molecule has 2 amide bonds. The zero-order valence-corrected chi connectivity index (χ0v) is 16.3. The van der Waals surface area contributed by atoms with Gasteiger partial charge in [-0.25, -0.2) is 4.98 Å². The predicted molar refractivity (Wildman–Crippen MR) is 106 cm³/mol. The molecule has 26 heavy (non-hydrogen) atoms. The van der Waals surface area contributed by atoms with Crippen LogP contribution in [0.3, 0.4) is 0 Å². The molecule has 1 aliphatic carbocycles. The summed E-state index contributed by atoms with van der Waals surface area (Å²) in [7, 11) is 0. The fourth-order valence-electron chi connectivity index (χ4n) is 3.46. The Labute approximate surface area is 158 Å². The molecule has 1 fully saturated rings. The third-order valence-electron chi connectivity index (χ3n) is 4.91. The summed E-state index contributed by atoms with van der Waals surface area (Å²) in [4.78, 5) is 29.3. The molecule has 1 aromatic heterocycles. The molecule has 0 radical (unpaired) electrons. The van der Waals surface area contributed by atoms with Gasteiger partial charge >= 0.3 is 0 Å². The van der Waals surface area contributed by atoms with Gasteiger partial charge in [-0.15, -0.1) is 11.3 Å². The number of hydrogen-bond donors (Lipinski definition) is 2. The van der Waals surface area contributed by atoms with E-state index in [1.807, 2.05) is 26.0 Å². The van der Waals surface area contributed by atoms with Crippen LogP contribution in [0.15, 0.2) is 24.4 Å². The van der Waals surface area contributed by atoms with E-state index in [9.17, 15) is 9.59 Å². The highest BCUT2D eigenvalue weighted by molar-refractivity contribution is 7.15. The smallest absolute Gasteiger partial charge is 0.256 e. The molecule has 0 spiro atoms. The summed E-state index contributed by atoms with van der Waals surface area (Å²) in [6, 6.07) is 5.47. The van der Waals surface area contributed by atoms with Gasteiger partial charge in [-0.1, -0.05) is 25.8 Å². The van der Waals surface area contributed by atoms with E-state index in [4.69, 9.17) is 0 Å². The number of carbonyl (C=O) groups is 2. The van der Waals surface area contributed by atoms with E-state index < -0.39 is 0 Å². The molecule has 0 aliphatic heterocycles. The van der Waals surface area contributed by atoms with E-state index in [0.717, 1.165) is 34.8 Å². The molecular weight excluding hydrogens is 346 g/mol. The third kappa shape index (κ3) is 4.49. The molecule has 2 atom stereocenters. The van der Waals surface area contributed by atoms with E-state index in [1.54, 1.807) is 12.3 Å². The molecule has 1 heterocycles. The Balaban J connectivity index is 1.70. The lowest BCUT2D eigenvalue weighted by molar-refractivity contribution is -0.121. The van der Waals surface area contributed by atoms with Crippen LogP contribution in [0.5, 0.6) is 0 Å². The SMILES string of the molecule is Cc1ncc(NC(=O)c2cc(NC(=O)C3CCCC(C)C3)ccc2C)s1. The van der Waals surface area contributed by atoms with Crippen molar-refractivity contribution in [2.24, 2.45) is 11.8 Å². The van der Waals surface area contributed by atoms with Gasteiger partial charge in [-0.05, 0) is 50.3 Å². The van der Waals surface area contributed by atoms with Crippen molar-refractivity contribution in [3.63, 3.8) is 0 Å². The Kier molecular flexibility index (Phi) is 5.71. The first-order valence-corrected chi connectivity index (χ1v) is 9.89. The average Bonchev–Trinajstić information content (AvgIpc) is 3.01. The van der Waals surface area contributed by atoms with Crippen LogP contribution in [0, 0.1) is 25.7 Å². The first kappa shape index (κ1) is 18.6. The van der Waals surface area contributed by atoms with Gasteiger partial charge < -0.3 is 10.6 Å². The number of anilines is 2. The molecule has 3 rings (SSSR count). The molecule has 5 nitrogen and oxygen atoms in total. The van der Waals surface area contributed by atoms with Gasteiger partial charge in [0, 0.05) is 17.2 Å². The quantitative estimate of drug-likeness (QED) is 0.813. The number of nitrogens with zero attached hydrogens (tertiary/aromatic N) is 1. The molecule has 0 bridgehead atoms. The average molecular weight is 372 g/mol. The minimum Gasteiger partial charge on any atom is -0.326 e. The van der Waals surface area contributed by atoms with Crippen LogP contribution in [-0.2, 0) is 4.79 Å². The number of amides is 2. The van der Waals surface area contributed by atoms with Crippen LogP contribution in [0.1, 0.15) is 53.5 Å². The number of aryl methyl sites for hydroxylation is 2. The first-order chi connectivity index (χ1) is 12.4. The maximum absolute atomic E-state index is 12.6. The second-order valence-electron chi connectivity index (χ2n) is 7.19. The van der Waals surface area contributed by atoms with Crippen LogP contribution < -0.4 is 10.6 Å². The monoisotopic (exact) mass is 371 g/mol. The van der Waals surface area contributed by atoms with Crippen molar-refractivity contribution < 1.29 is 9.59 Å². The first-order valence-electron chi connectivity index (χ1n) is 9.07. The summed E-state index contributed by atoms with van der Waals surface area (Å²) in [5.41, 5.74) is 2.10. The van der Waals surface area contributed by atoms with Crippen LogP contribution >= 0.6 is 11.3 Å². The lowest BCUT2D eigenvalue weighted by Crippen LogP contribution is -2.27. The molecular formula is C20H25N3O2S. The van der Waals surface area contributed by atoms with E-state index in [2.05, 4.69) is 22.5 Å². The molecule has 1 aromatic carbocycles. The molecule has 0 saturated heterocycles. The highest BCUT2D eigenvalue weighted by atomic mass is 32.1. The fraction of sp³-hybridized carbons (Fsp3) is 0.450. The van der Waals surface area contributed by atoms with Gasteiger partial charge in [0.15, 0.2) is 0 Å². The number of hydrogen-bond acceptors (Lipinski definition) is 4. The van der Waals surface area contributed by atoms with Crippen LogP contribution in [0.25, 0.3) is 0 Å². The molecule has 1 saturated carbocycles. The summed E-state index contributed by atoms with van der Waals surface area (Å²) < 4.78 is 0. The summed E-state index contributed by atoms with van der Waals surface area (Å²) >= 11 is 1.44. The van der Waals surface area contributed by atoms with E-state index in [1.165, 1.54) is 17.8 Å². The summed E-state index contributed by atoms with van der Waals surface area (Å²) in [6.07, 6.45) is 5.85. The number of rotatable bonds is 4. The molecule has 6 heteroatoms. The van der Waals surface area contributed by atoms with Gasteiger partial charge in [-0.2, -0.15) is 0 Å². The van der Waals surface area contributed by atoms with Crippen molar-refractivity contribution >= 4 is 33.8 Å².